The van der Waals surface area contributed by atoms with Crippen molar-refractivity contribution in [3.8, 4) is 6.07 Å². The highest BCUT2D eigenvalue weighted by Gasteiger charge is 2.13. The van der Waals surface area contributed by atoms with Gasteiger partial charge in [-0.3, -0.25) is 9.00 Å². The Labute approximate surface area is 147 Å². The molecule has 1 atom stereocenters. The van der Waals surface area contributed by atoms with E-state index in [0.717, 1.165) is 6.07 Å². The molecule has 1 aromatic heterocycles. The molecule has 0 spiro atoms. The van der Waals surface area contributed by atoms with E-state index in [1.54, 1.807) is 6.07 Å². The molecule has 1 heterocycles. The topological polar surface area (TPSA) is 124 Å². The number of anilines is 1. The van der Waals surface area contributed by atoms with E-state index in [9.17, 15) is 17.9 Å². The molecule has 1 unspecified atom stereocenters. The van der Waals surface area contributed by atoms with Crippen LogP contribution in [0.5, 0.6) is 0 Å². The number of hydrogen-bond donors (Lipinski definition) is 2. The maximum Gasteiger partial charge on any atom is 0.272 e. The van der Waals surface area contributed by atoms with Crippen LogP contribution in [0.25, 0.3) is 0 Å². The predicted octanol–water partition coefficient (Wildman–Crippen LogP) is 1.88. The van der Waals surface area contributed by atoms with E-state index in [2.05, 4.69) is 5.32 Å². The normalized spacial score (nSPS) is 11.3. The number of rotatable bonds is 3. The first-order valence-corrected chi connectivity index (χ1v) is 8.25. The van der Waals surface area contributed by atoms with Gasteiger partial charge >= 0.3 is 0 Å². The van der Waals surface area contributed by atoms with E-state index >= 15 is 0 Å². The lowest BCUT2D eigenvalue weighted by Gasteiger charge is -2.06. The second-order valence-electron chi connectivity index (χ2n) is 5.41. The number of halogens is 1. The van der Waals surface area contributed by atoms with Gasteiger partial charge in [0, 0.05) is 23.8 Å². The number of benzene rings is 1. The van der Waals surface area contributed by atoms with Gasteiger partial charge < -0.3 is 20.2 Å². The molecule has 0 aliphatic rings. The lowest BCUT2D eigenvalue weighted by atomic mass is 10.2. The minimum atomic E-state index is -2.43. The van der Waals surface area contributed by atoms with Crippen LogP contribution in [0.4, 0.5) is 10.1 Å². The minimum absolute atomic E-state index is 0.0144. The molecule has 0 aliphatic heterocycles. The van der Waals surface area contributed by atoms with Crippen LogP contribution < -0.4 is 11.1 Å². The van der Waals surface area contributed by atoms with E-state index in [1.807, 2.05) is 13.8 Å². The third-order valence-corrected chi connectivity index (χ3v) is 3.36. The van der Waals surface area contributed by atoms with Gasteiger partial charge in [0.25, 0.3) is 5.91 Å². The maximum absolute atomic E-state index is 13.2. The number of carbonyl (C=O) groups excluding carboxylic acids is 1. The number of aryl methyl sites for hydroxylation is 1. The Bertz CT molecular complexity index is 825. The Kier molecular flexibility index (Phi) is 7.44. The number of nitrogens with one attached hydrogen (secondary N) is 1. The quantitative estimate of drug-likeness (QED) is 0.804. The second kappa shape index (κ2) is 9.08. The van der Waals surface area contributed by atoms with Crippen molar-refractivity contribution in [1.82, 2.24) is 4.57 Å². The van der Waals surface area contributed by atoms with Gasteiger partial charge in [0.15, 0.2) is 0 Å². The fourth-order valence-corrected chi connectivity index (χ4v) is 2.19. The minimum Gasteiger partial charge on any atom is -0.768 e. The average molecular weight is 365 g/mol. The van der Waals surface area contributed by atoms with Crippen LogP contribution in [0.2, 0.25) is 0 Å². The summed E-state index contributed by atoms with van der Waals surface area (Å²) in [5.74, 6) is -1.25. The molecule has 2 aromatic rings. The number of carbonyl (C=O) groups is 1. The molecule has 0 fully saturated rings. The van der Waals surface area contributed by atoms with Gasteiger partial charge in [-0.1, -0.05) is 13.8 Å². The Morgan fingerprint density at radius 1 is 1.44 bits per heavy atom. The van der Waals surface area contributed by atoms with Crippen molar-refractivity contribution in [2.45, 2.75) is 24.8 Å². The molecule has 1 aromatic carbocycles. The summed E-state index contributed by atoms with van der Waals surface area (Å²) in [5, 5.41) is 11.2. The first kappa shape index (κ1) is 20.5. The van der Waals surface area contributed by atoms with E-state index in [4.69, 9.17) is 11.0 Å². The molecule has 134 valence electrons. The summed E-state index contributed by atoms with van der Waals surface area (Å²) in [6.07, 6.45) is 1.30. The van der Waals surface area contributed by atoms with Crippen LogP contribution in [-0.4, -0.2) is 25.3 Å². The standard InChI is InChI=1S/C13H10FN3O3S.C3H9N/c1-17-7-10(21(19)20)5-12(17)13(18)16-9-2-3-11(14)8(4-9)6-15;1-3(2)4/h2-5,7H,1H3,(H,16,18)(H,19,20);3H,4H2,1-2H3/p-1. The third kappa shape index (κ3) is 6.11. The fraction of sp³-hybridized carbons (Fsp3) is 0.250. The van der Waals surface area contributed by atoms with E-state index in [1.165, 1.54) is 36.0 Å². The molecule has 0 saturated carbocycles. The molecule has 7 nitrogen and oxygen atoms in total. The number of nitrogens with zero attached hydrogens (tertiary/aromatic N) is 2. The van der Waals surface area contributed by atoms with Crippen LogP contribution in [0.1, 0.15) is 29.9 Å². The van der Waals surface area contributed by atoms with Crippen molar-refractivity contribution in [3.63, 3.8) is 0 Å². The molecule has 0 radical (unpaired) electrons. The number of amides is 1. The molecular weight excluding hydrogens is 347 g/mol. The Hall–Kier alpha value is -2.54. The van der Waals surface area contributed by atoms with E-state index < -0.39 is 22.8 Å². The van der Waals surface area contributed by atoms with Crippen LogP contribution in [0, 0.1) is 17.1 Å². The molecule has 9 heteroatoms. The highest BCUT2D eigenvalue weighted by Crippen LogP contribution is 2.16. The molecular formula is C16H18FN4O3S-. The first-order chi connectivity index (χ1) is 11.6. The maximum atomic E-state index is 13.2. The molecule has 25 heavy (non-hydrogen) atoms. The van der Waals surface area contributed by atoms with Crippen molar-refractivity contribution < 1.29 is 17.9 Å². The lowest BCUT2D eigenvalue weighted by molar-refractivity contribution is 0.101. The predicted molar refractivity (Wildman–Crippen MR) is 91.0 cm³/mol. The SMILES string of the molecule is CC(C)N.Cn1cc(S(=O)[O-])cc1C(=O)Nc1ccc(F)c(C#N)c1. The first-order valence-electron chi connectivity index (χ1n) is 7.18. The van der Waals surface area contributed by atoms with Crippen molar-refractivity contribution >= 4 is 22.7 Å². The number of hydrogen-bond acceptors (Lipinski definition) is 5. The largest absolute Gasteiger partial charge is 0.768 e. The highest BCUT2D eigenvalue weighted by molar-refractivity contribution is 7.79. The third-order valence-electron chi connectivity index (χ3n) is 2.75. The number of nitrogens with two attached hydrogens (primary N) is 1. The Morgan fingerprint density at radius 2 is 2.04 bits per heavy atom. The van der Waals surface area contributed by atoms with Gasteiger partial charge in [0.2, 0.25) is 0 Å². The zero-order valence-corrected chi connectivity index (χ0v) is 14.8. The fourth-order valence-electron chi connectivity index (χ4n) is 1.73. The van der Waals surface area contributed by atoms with Crippen molar-refractivity contribution in [3.05, 3.63) is 47.5 Å². The van der Waals surface area contributed by atoms with Gasteiger partial charge in [-0.2, -0.15) is 5.26 Å². The van der Waals surface area contributed by atoms with Gasteiger partial charge in [-0.05, 0) is 41.4 Å². The molecule has 2 rings (SSSR count). The van der Waals surface area contributed by atoms with Crippen molar-refractivity contribution in [1.29, 1.82) is 5.26 Å². The monoisotopic (exact) mass is 365 g/mol. The number of aromatic nitrogens is 1. The van der Waals surface area contributed by atoms with Crippen molar-refractivity contribution in [2.75, 3.05) is 5.32 Å². The van der Waals surface area contributed by atoms with Crippen LogP contribution in [0.15, 0.2) is 35.4 Å². The van der Waals surface area contributed by atoms with E-state index in [0.29, 0.717) is 6.04 Å². The summed E-state index contributed by atoms with van der Waals surface area (Å²) in [5.41, 5.74) is 5.28. The van der Waals surface area contributed by atoms with Gasteiger partial charge in [0.05, 0.1) is 5.56 Å². The second-order valence-corrected chi connectivity index (χ2v) is 6.35. The highest BCUT2D eigenvalue weighted by atomic mass is 32.2. The smallest absolute Gasteiger partial charge is 0.272 e. The zero-order valence-electron chi connectivity index (χ0n) is 13.9. The molecule has 0 saturated heterocycles. The summed E-state index contributed by atoms with van der Waals surface area (Å²) in [6.45, 7) is 3.89. The summed E-state index contributed by atoms with van der Waals surface area (Å²) < 4.78 is 36.2. The van der Waals surface area contributed by atoms with E-state index in [-0.39, 0.29) is 21.8 Å². The van der Waals surface area contributed by atoms with Crippen LogP contribution in [-0.2, 0) is 18.1 Å². The Morgan fingerprint density at radius 3 is 2.52 bits per heavy atom. The van der Waals surface area contributed by atoms with Gasteiger partial charge in [-0.15, -0.1) is 0 Å². The molecule has 0 aliphatic carbocycles. The summed E-state index contributed by atoms with van der Waals surface area (Å²) in [7, 11) is 1.52. The average Bonchev–Trinajstić information content (AvgIpc) is 2.91. The summed E-state index contributed by atoms with van der Waals surface area (Å²) in [6, 6.07) is 6.79. The summed E-state index contributed by atoms with van der Waals surface area (Å²) in [4.78, 5) is 12.0. The molecule has 0 bridgehead atoms. The van der Waals surface area contributed by atoms with Crippen molar-refractivity contribution in [2.24, 2.45) is 12.8 Å². The zero-order chi connectivity index (χ0) is 19.1. The Balaban J connectivity index is 0.000000705. The van der Waals surface area contributed by atoms with Gasteiger partial charge in [0.1, 0.15) is 17.6 Å². The van der Waals surface area contributed by atoms with Crippen LogP contribution >= 0.6 is 0 Å². The summed E-state index contributed by atoms with van der Waals surface area (Å²) >= 11 is -2.43. The van der Waals surface area contributed by atoms with Gasteiger partial charge in [-0.25, -0.2) is 4.39 Å². The molecule has 1 amide bonds. The molecule has 3 N–H and O–H groups in total. The lowest BCUT2D eigenvalue weighted by Crippen LogP contribution is -2.15. The van der Waals surface area contributed by atoms with Crippen LogP contribution in [0.3, 0.4) is 0 Å². The number of nitriles is 1.